The van der Waals surface area contributed by atoms with Gasteiger partial charge in [-0.1, -0.05) is 32.6 Å². The SMILES string of the molecule is CCCOC(CC1CCCC1)C(=O)NCC. The molecule has 0 saturated heterocycles. The first kappa shape index (κ1) is 13.5. The van der Waals surface area contributed by atoms with Crippen LogP contribution in [-0.2, 0) is 9.53 Å². The molecule has 0 aromatic rings. The zero-order valence-corrected chi connectivity index (χ0v) is 10.6. The van der Waals surface area contributed by atoms with Crippen molar-refractivity contribution in [2.45, 2.75) is 58.5 Å². The zero-order chi connectivity index (χ0) is 11.8. The molecule has 1 aliphatic rings. The standard InChI is InChI=1S/C13H25NO2/c1-3-9-16-12(13(15)14-4-2)10-11-7-5-6-8-11/h11-12H,3-10H2,1-2H3,(H,14,15). The number of amides is 1. The smallest absolute Gasteiger partial charge is 0.249 e. The Morgan fingerprint density at radius 3 is 2.62 bits per heavy atom. The number of carbonyl (C=O) groups excluding carboxylic acids is 1. The summed E-state index contributed by atoms with van der Waals surface area (Å²) in [6.07, 6.45) is 6.84. The number of hydrogen-bond acceptors (Lipinski definition) is 2. The number of carbonyl (C=O) groups is 1. The van der Waals surface area contributed by atoms with Crippen LogP contribution in [0.15, 0.2) is 0 Å². The summed E-state index contributed by atoms with van der Waals surface area (Å²) in [6.45, 7) is 5.40. The van der Waals surface area contributed by atoms with E-state index >= 15 is 0 Å². The van der Waals surface area contributed by atoms with Crippen molar-refractivity contribution < 1.29 is 9.53 Å². The van der Waals surface area contributed by atoms with Crippen molar-refractivity contribution in [3.05, 3.63) is 0 Å². The summed E-state index contributed by atoms with van der Waals surface area (Å²) in [4.78, 5) is 11.8. The Morgan fingerprint density at radius 2 is 2.06 bits per heavy atom. The van der Waals surface area contributed by atoms with E-state index in [4.69, 9.17) is 4.74 Å². The first-order valence-electron chi connectivity index (χ1n) is 6.67. The van der Waals surface area contributed by atoms with Gasteiger partial charge in [0.1, 0.15) is 6.10 Å². The van der Waals surface area contributed by atoms with Crippen LogP contribution in [0.2, 0.25) is 0 Å². The minimum atomic E-state index is -0.219. The van der Waals surface area contributed by atoms with Crippen LogP contribution >= 0.6 is 0 Å². The van der Waals surface area contributed by atoms with E-state index in [0.717, 1.165) is 12.8 Å². The molecule has 3 heteroatoms. The predicted octanol–water partition coefficient (Wildman–Crippen LogP) is 2.50. The van der Waals surface area contributed by atoms with Crippen LogP contribution in [-0.4, -0.2) is 25.2 Å². The average molecular weight is 227 g/mol. The summed E-state index contributed by atoms with van der Waals surface area (Å²) in [6, 6.07) is 0. The third-order valence-corrected chi connectivity index (χ3v) is 3.19. The first-order chi connectivity index (χ1) is 7.77. The van der Waals surface area contributed by atoms with Crippen LogP contribution in [0.25, 0.3) is 0 Å². The number of nitrogens with one attached hydrogen (secondary N) is 1. The van der Waals surface area contributed by atoms with Crippen molar-refractivity contribution in [1.82, 2.24) is 5.32 Å². The molecule has 1 fully saturated rings. The van der Waals surface area contributed by atoms with Gasteiger partial charge in [0.05, 0.1) is 0 Å². The molecular formula is C13H25NO2. The quantitative estimate of drug-likeness (QED) is 0.725. The van der Waals surface area contributed by atoms with Gasteiger partial charge in [-0.3, -0.25) is 4.79 Å². The fourth-order valence-corrected chi connectivity index (χ4v) is 2.35. The van der Waals surface area contributed by atoms with Gasteiger partial charge in [0, 0.05) is 13.2 Å². The highest BCUT2D eigenvalue weighted by Gasteiger charge is 2.25. The lowest BCUT2D eigenvalue weighted by molar-refractivity contribution is -0.133. The molecule has 0 aromatic carbocycles. The highest BCUT2D eigenvalue weighted by molar-refractivity contribution is 5.80. The number of ether oxygens (including phenoxy) is 1. The molecule has 0 spiro atoms. The van der Waals surface area contributed by atoms with Crippen molar-refractivity contribution in [1.29, 1.82) is 0 Å². The van der Waals surface area contributed by atoms with Crippen molar-refractivity contribution in [2.24, 2.45) is 5.92 Å². The van der Waals surface area contributed by atoms with Gasteiger partial charge in [0.25, 0.3) is 0 Å². The Labute approximate surface area is 98.9 Å². The van der Waals surface area contributed by atoms with Crippen molar-refractivity contribution in [3.63, 3.8) is 0 Å². The molecule has 1 rings (SSSR count). The van der Waals surface area contributed by atoms with E-state index in [1.807, 2.05) is 6.92 Å². The molecule has 1 aliphatic carbocycles. The normalized spacial score (nSPS) is 18.6. The van der Waals surface area contributed by atoms with Crippen molar-refractivity contribution >= 4 is 5.91 Å². The molecule has 1 unspecified atom stereocenters. The van der Waals surface area contributed by atoms with Crippen LogP contribution < -0.4 is 5.32 Å². The summed E-state index contributed by atoms with van der Waals surface area (Å²) in [5, 5.41) is 2.86. The van der Waals surface area contributed by atoms with Gasteiger partial charge in [-0.2, -0.15) is 0 Å². The summed E-state index contributed by atoms with van der Waals surface area (Å²) in [5.41, 5.74) is 0. The molecule has 16 heavy (non-hydrogen) atoms. The Bertz CT molecular complexity index is 200. The van der Waals surface area contributed by atoms with E-state index in [1.54, 1.807) is 0 Å². The van der Waals surface area contributed by atoms with E-state index in [-0.39, 0.29) is 12.0 Å². The Morgan fingerprint density at radius 1 is 1.38 bits per heavy atom. The number of hydrogen-bond donors (Lipinski definition) is 1. The monoisotopic (exact) mass is 227 g/mol. The van der Waals surface area contributed by atoms with Crippen molar-refractivity contribution in [2.75, 3.05) is 13.2 Å². The van der Waals surface area contributed by atoms with Crippen LogP contribution in [0.4, 0.5) is 0 Å². The lowest BCUT2D eigenvalue weighted by Crippen LogP contribution is -2.37. The number of rotatable bonds is 7. The maximum absolute atomic E-state index is 11.8. The van der Waals surface area contributed by atoms with Crippen LogP contribution in [0.1, 0.15) is 52.4 Å². The maximum Gasteiger partial charge on any atom is 0.249 e. The van der Waals surface area contributed by atoms with Crippen molar-refractivity contribution in [3.8, 4) is 0 Å². The molecule has 3 nitrogen and oxygen atoms in total. The second kappa shape index (κ2) is 7.66. The Kier molecular flexibility index (Phi) is 6.46. The van der Waals surface area contributed by atoms with Gasteiger partial charge in [-0.25, -0.2) is 0 Å². The van der Waals surface area contributed by atoms with E-state index in [0.29, 0.717) is 19.1 Å². The maximum atomic E-state index is 11.8. The van der Waals surface area contributed by atoms with E-state index in [1.165, 1.54) is 25.7 Å². The number of likely N-dealkylation sites (N-methyl/N-ethyl adjacent to an activating group) is 1. The van der Waals surface area contributed by atoms with Crippen LogP contribution in [0.5, 0.6) is 0 Å². The lowest BCUT2D eigenvalue weighted by Gasteiger charge is -2.20. The summed E-state index contributed by atoms with van der Waals surface area (Å²) < 4.78 is 5.66. The molecule has 0 aromatic heterocycles. The fraction of sp³-hybridized carbons (Fsp3) is 0.923. The fourth-order valence-electron chi connectivity index (χ4n) is 2.35. The van der Waals surface area contributed by atoms with Crippen LogP contribution in [0, 0.1) is 5.92 Å². The minimum absolute atomic E-state index is 0.0721. The molecule has 0 aliphatic heterocycles. The molecule has 94 valence electrons. The zero-order valence-electron chi connectivity index (χ0n) is 10.6. The third kappa shape index (κ3) is 4.52. The second-order valence-corrected chi connectivity index (χ2v) is 4.64. The molecule has 0 heterocycles. The molecule has 1 amide bonds. The predicted molar refractivity (Wildman–Crippen MR) is 65.3 cm³/mol. The van der Waals surface area contributed by atoms with E-state index < -0.39 is 0 Å². The topological polar surface area (TPSA) is 38.3 Å². The summed E-state index contributed by atoms with van der Waals surface area (Å²) >= 11 is 0. The third-order valence-electron chi connectivity index (χ3n) is 3.19. The minimum Gasteiger partial charge on any atom is -0.368 e. The van der Waals surface area contributed by atoms with E-state index in [9.17, 15) is 4.79 Å². The second-order valence-electron chi connectivity index (χ2n) is 4.64. The highest BCUT2D eigenvalue weighted by Crippen LogP contribution is 2.29. The average Bonchev–Trinajstić information content (AvgIpc) is 2.77. The highest BCUT2D eigenvalue weighted by atomic mass is 16.5. The van der Waals surface area contributed by atoms with Gasteiger partial charge in [0.15, 0.2) is 0 Å². The molecule has 0 radical (unpaired) electrons. The molecule has 1 atom stereocenters. The van der Waals surface area contributed by atoms with Gasteiger partial charge >= 0.3 is 0 Å². The Hall–Kier alpha value is -0.570. The van der Waals surface area contributed by atoms with Crippen LogP contribution in [0.3, 0.4) is 0 Å². The largest absolute Gasteiger partial charge is 0.368 e. The van der Waals surface area contributed by atoms with Gasteiger partial charge in [0.2, 0.25) is 5.91 Å². The molecule has 1 N–H and O–H groups in total. The van der Waals surface area contributed by atoms with Gasteiger partial charge in [-0.15, -0.1) is 0 Å². The molecular weight excluding hydrogens is 202 g/mol. The molecule has 0 bridgehead atoms. The van der Waals surface area contributed by atoms with Gasteiger partial charge < -0.3 is 10.1 Å². The first-order valence-corrected chi connectivity index (χ1v) is 6.67. The summed E-state index contributed by atoms with van der Waals surface area (Å²) in [5.74, 6) is 0.771. The van der Waals surface area contributed by atoms with Gasteiger partial charge in [-0.05, 0) is 25.7 Å². The Balaban J connectivity index is 2.38. The van der Waals surface area contributed by atoms with E-state index in [2.05, 4.69) is 12.2 Å². The molecule has 1 saturated carbocycles. The summed E-state index contributed by atoms with van der Waals surface area (Å²) in [7, 11) is 0. The lowest BCUT2D eigenvalue weighted by atomic mass is 9.99.